The minimum Gasteiger partial charge on any atom is -0.298 e. The van der Waals surface area contributed by atoms with Gasteiger partial charge in [0.15, 0.2) is 6.29 Å². The largest absolute Gasteiger partial charge is 0.298 e. The molecule has 0 amide bonds. The third kappa shape index (κ3) is 2.48. The molecule has 7 heteroatoms. The Hall–Kier alpha value is -3.61. The smallest absolute Gasteiger partial charge is 0.204 e. The monoisotopic (exact) mass is 316 g/mol. The van der Waals surface area contributed by atoms with Crippen molar-refractivity contribution in [1.82, 2.24) is 30.4 Å². The molecular formula is C17H12N6O. The van der Waals surface area contributed by atoms with E-state index in [1.807, 2.05) is 54.6 Å². The predicted molar refractivity (Wildman–Crippen MR) is 87.6 cm³/mol. The number of nitrogens with one attached hydrogen (secondary N) is 1. The number of benzene rings is 2. The van der Waals surface area contributed by atoms with Crippen LogP contribution in [0.25, 0.3) is 28.3 Å². The number of tetrazole rings is 1. The van der Waals surface area contributed by atoms with E-state index in [1.165, 1.54) is 0 Å². The van der Waals surface area contributed by atoms with Crippen molar-refractivity contribution >= 4 is 6.29 Å². The van der Waals surface area contributed by atoms with Crippen LogP contribution in [0.5, 0.6) is 0 Å². The van der Waals surface area contributed by atoms with Crippen molar-refractivity contribution < 1.29 is 4.79 Å². The molecule has 1 N–H and O–H groups in total. The summed E-state index contributed by atoms with van der Waals surface area (Å²) in [7, 11) is 0. The van der Waals surface area contributed by atoms with Gasteiger partial charge >= 0.3 is 0 Å². The Labute approximate surface area is 137 Å². The SMILES string of the molecule is O=Cc1cn(-c2ccc(-c3nn[nH]n3)cc2)nc1-c1ccccc1. The maximum Gasteiger partial charge on any atom is 0.204 e. The van der Waals surface area contributed by atoms with E-state index < -0.39 is 0 Å². The third-order valence-electron chi connectivity index (χ3n) is 3.65. The Balaban J connectivity index is 1.72. The van der Waals surface area contributed by atoms with Gasteiger partial charge in [-0.2, -0.15) is 10.3 Å². The molecule has 2 heterocycles. The van der Waals surface area contributed by atoms with Gasteiger partial charge < -0.3 is 0 Å². The average molecular weight is 316 g/mol. The van der Waals surface area contributed by atoms with Crippen LogP contribution in [0.3, 0.4) is 0 Å². The second-order valence-corrected chi connectivity index (χ2v) is 5.14. The van der Waals surface area contributed by atoms with Gasteiger partial charge in [-0.1, -0.05) is 30.3 Å². The lowest BCUT2D eigenvalue weighted by Crippen LogP contribution is -1.95. The zero-order valence-electron chi connectivity index (χ0n) is 12.5. The zero-order valence-corrected chi connectivity index (χ0v) is 12.5. The van der Waals surface area contributed by atoms with Gasteiger partial charge in [0.05, 0.1) is 11.3 Å². The van der Waals surface area contributed by atoms with E-state index in [0.717, 1.165) is 23.1 Å². The summed E-state index contributed by atoms with van der Waals surface area (Å²) in [5.74, 6) is 0.528. The van der Waals surface area contributed by atoms with E-state index in [2.05, 4.69) is 25.7 Å². The Kier molecular flexibility index (Phi) is 3.43. The number of hydrogen-bond donors (Lipinski definition) is 1. The Morgan fingerprint density at radius 1 is 0.958 bits per heavy atom. The average Bonchev–Trinajstić information content (AvgIpc) is 3.32. The molecule has 0 fully saturated rings. The molecular weight excluding hydrogens is 304 g/mol. The molecule has 4 aromatic rings. The highest BCUT2D eigenvalue weighted by atomic mass is 16.1. The summed E-state index contributed by atoms with van der Waals surface area (Å²) in [6, 6.07) is 17.2. The number of aromatic amines is 1. The molecule has 0 saturated carbocycles. The van der Waals surface area contributed by atoms with E-state index in [-0.39, 0.29) is 0 Å². The molecule has 0 aliphatic rings. The van der Waals surface area contributed by atoms with Crippen molar-refractivity contribution in [3.8, 4) is 28.3 Å². The zero-order chi connectivity index (χ0) is 16.4. The van der Waals surface area contributed by atoms with Crippen molar-refractivity contribution in [3.63, 3.8) is 0 Å². The van der Waals surface area contributed by atoms with Gasteiger partial charge in [0.25, 0.3) is 0 Å². The quantitative estimate of drug-likeness (QED) is 0.584. The molecule has 2 aromatic heterocycles. The lowest BCUT2D eigenvalue weighted by molar-refractivity contribution is 0.112. The fourth-order valence-electron chi connectivity index (χ4n) is 2.47. The van der Waals surface area contributed by atoms with E-state index in [0.29, 0.717) is 17.1 Å². The summed E-state index contributed by atoms with van der Waals surface area (Å²) >= 11 is 0. The Morgan fingerprint density at radius 3 is 2.42 bits per heavy atom. The first-order valence-electron chi connectivity index (χ1n) is 7.29. The highest BCUT2D eigenvalue weighted by Gasteiger charge is 2.11. The molecule has 116 valence electrons. The molecule has 0 bridgehead atoms. The molecule has 0 saturated heterocycles. The molecule has 7 nitrogen and oxygen atoms in total. The van der Waals surface area contributed by atoms with E-state index in [1.54, 1.807) is 10.9 Å². The van der Waals surface area contributed by atoms with E-state index in [9.17, 15) is 4.79 Å². The highest BCUT2D eigenvalue weighted by molar-refractivity contribution is 5.85. The molecule has 0 spiro atoms. The summed E-state index contributed by atoms with van der Waals surface area (Å²) in [5.41, 5.74) is 3.80. The van der Waals surface area contributed by atoms with Crippen molar-refractivity contribution in [2.75, 3.05) is 0 Å². The lowest BCUT2D eigenvalue weighted by atomic mass is 10.1. The second-order valence-electron chi connectivity index (χ2n) is 5.14. The standard InChI is InChI=1S/C17H12N6O/c24-11-14-10-23(20-16(14)12-4-2-1-3-5-12)15-8-6-13(7-9-15)17-18-21-22-19-17/h1-11H,(H,18,19,21,22). The first-order chi connectivity index (χ1) is 11.8. The number of carbonyl (C=O) groups excluding carboxylic acids is 1. The lowest BCUT2D eigenvalue weighted by Gasteiger charge is -2.02. The highest BCUT2D eigenvalue weighted by Crippen LogP contribution is 2.23. The van der Waals surface area contributed by atoms with Gasteiger partial charge in [0.1, 0.15) is 5.69 Å². The van der Waals surface area contributed by atoms with Crippen LogP contribution in [0.1, 0.15) is 10.4 Å². The van der Waals surface area contributed by atoms with Crippen LogP contribution in [0.15, 0.2) is 60.8 Å². The summed E-state index contributed by atoms with van der Waals surface area (Å²) in [6.07, 6.45) is 2.54. The first kappa shape index (κ1) is 14.0. The van der Waals surface area contributed by atoms with Gasteiger partial charge in [0, 0.05) is 17.3 Å². The van der Waals surface area contributed by atoms with Crippen LogP contribution in [0.2, 0.25) is 0 Å². The molecule has 24 heavy (non-hydrogen) atoms. The summed E-state index contributed by atoms with van der Waals surface area (Å²) in [6.45, 7) is 0. The van der Waals surface area contributed by atoms with Crippen LogP contribution in [0.4, 0.5) is 0 Å². The maximum atomic E-state index is 11.4. The fourth-order valence-corrected chi connectivity index (χ4v) is 2.47. The van der Waals surface area contributed by atoms with Crippen molar-refractivity contribution in [2.24, 2.45) is 0 Å². The number of aromatic nitrogens is 6. The normalized spacial score (nSPS) is 10.7. The molecule has 0 aliphatic carbocycles. The topological polar surface area (TPSA) is 89.4 Å². The van der Waals surface area contributed by atoms with Gasteiger partial charge in [-0.05, 0) is 29.5 Å². The molecule has 0 atom stereocenters. The van der Waals surface area contributed by atoms with Crippen LogP contribution < -0.4 is 0 Å². The summed E-state index contributed by atoms with van der Waals surface area (Å²) in [4.78, 5) is 11.4. The van der Waals surface area contributed by atoms with Crippen molar-refractivity contribution in [3.05, 3.63) is 66.4 Å². The number of H-pyrrole nitrogens is 1. The number of rotatable bonds is 4. The number of carbonyl (C=O) groups is 1. The molecule has 0 unspecified atom stereocenters. The molecule has 2 aromatic carbocycles. The van der Waals surface area contributed by atoms with E-state index in [4.69, 9.17) is 0 Å². The minimum atomic E-state index is 0.528. The van der Waals surface area contributed by atoms with Gasteiger partial charge in [-0.15, -0.1) is 10.2 Å². The van der Waals surface area contributed by atoms with Gasteiger partial charge in [0.2, 0.25) is 5.82 Å². The van der Waals surface area contributed by atoms with Crippen LogP contribution in [-0.2, 0) is 0 Å². The predicted octanol–water partition coefficient (Wildman–Crippen LogP) is 2.53. The maximum absolute atomic E-state index is 11.4. The number of hydrogen-bond acceptors (Lipinski definition) is 5. The Bertz CT molecular complexity index is 958. The van der Waals surface area contributed by atoms with Crippen LogP contribution in [0, 0.1) is 0 Å². The Morgan fingerprint density at radius 2 is 1.75 bits per heavy atom. The molecule has 4 rings (SSSR count). The van der Waals surface area contributed by atoms with E-state index >= 15 is 0 Å². The molecule has 0 radical (unpaired) electrons. The number of aldehydes is 1. The van der Waals surface area contributed by atoms with Gasteiger partial charge in [-0.25, -0.2) is 4.68 Å². The number of nitrogens with zero attached hydrogens (tertiary/aromatic N) is 5. The van der Waals surface area contributed by atoms with Crippen LogP contribution >= 0.6 is 0 Å². The minimum absolute atomic E-state index is 0.528. The summed E-state index contributed by atoms with van der Waals surface area (Å²) < 4.78 is 1.69. The fraction of sp³-hybridized carbons (Fsp3) is 0. The van der Waals surface area contributed by atoms with Crippen molar-refractivity contribution in [2.45, 2.75) is 0 Å². The van der Waals surface area contributed by atoms with Crippen LogP contribution in [-0.4, -0.2) is 36.7 Å². The van der Waals surface area contributed by atoms with Gasteiger partial charge in [-0.3, -0.25) is 4.79 Å². The van der Waals surface area contributed by atoms with Crippen molar-refractivity contribution in [1.29, 1.82) is 0 Å². The summed E-state index contributed by atoms with van der Waals surface area (Å²) in [5, 5.41) is 18.4. The first-order valence-corrected chi connectivity index (χ1v) is 7.29. The second kappa shape index (κ2) is 5.88. The third-order valence-corrected chi connectivity index (χ3v) is 3.65. The molecule has 0 aliphatic heterocycles.